The number of aromatic nitrogens is 1. The Morgan fingerprint density at radius 3 is 2.54 bits per heavy atom. The van der Waals surface area contributed by atoms with Crippen LogP contribution in [0.25, 0.3) is 22.5 Å². The van der Waals surface area contributed by atoms with Gasteiger partial charge in [-0.05, 0) is 43.3 Å². The number of aliphatic hydroxyl groups excluding tert-OH is 1. The van der Waals surface area contributed by atoms with Crippen molar-refractivity contribution in [1.29, 1.82) is 0 Å². The quantitative estimate of drug-likeness (QED) is 0.324. The summed E-state index contributed by atoms with van der Waals surface area (Å²) in [6, 6.07) is 15.0. The van der Waals surface area contributed by atoms with Gasteiger partial charge in [0.05, 0.1) is 21.1 Å². The van der Waals surface area contributed by atoms with Crippen LogP contribution in [-0.4, -0.2) is 60.6 Å². The first-order chi connectivity index (χ1) is 16.5. The van der Waals surface area contributed by atoms with Crippen molar-refractivity contribution >= 4 is 52.3 Å². The number of aryl methyl sites for hydroxylation is 1. The molecule has 0 spiro atoms. The van der Waals surface area contributed by atoms with Crippen LogP contribution in [0.4, 0.5) is 5.69 Å². The van der Waals surface area contributed by atoms with E-state index in [-0.39, 0.29) is 19.0 Å². The second-order valence-corrected chi connectivity index (χ2v) is 9.28. The maximum Gasteiger partial charge on any atom is 0.202 e. The van der Waals surface area contributed by atoms with Crippen molar-refractivity contribution in [3.63, 3.8) is 0 Å². The molecule has 0 saturated carbocycles. The fraction of sp³-hybridized carbons (Fsp3) is 0.320. The standard InChI is InChI=1S/C25H25Cl2N3O4.ClH/c1-16-11-25(34-28-16)24-13-19-22(3-2-4-23(19)33-24)32-15-18(31)14-29-7-9-30(10-8-29)17-5-6-20(26)21(27)12-17;/h2-6,11-13,18,31H,7-10,14-15H2,1H3;1H/t18-;/m0./s1. The Kier molecular flexibility index (Phi) is 8.14. The molecule has 4 aromatic rings. The zero-order valence-corrected chi connectivity index (χ0v) is 21.4. The Bertz CT molecular complexity index is 1280. The normalized spacial score (nSPS) is 15.3. The monoisotopic (exact) mass is 537 g/mol. The molecule has 1 saturated heterocycles. The molecule has 3 heterocycles. The maximum absolute atomic E-state index is 10.6. The van der Waals surface area contributed by atoms with Crippen LogP contribution >= 0.6 is 35.6 Å². The van der Waals surface area contributed by atoms with Crippen molar-refractivity contribution in [3.05, 3.63) is 64.3 Å². The van der Waals surface area contributed by atoms with Crippen LogP contribution in [0.1, 0.15) is 5.69 Å². The maximum atomic E-state index is 10.6. The SMILES string of the molecule is Cc1cc(-c2cc3c(OC[C@@H](O)CN4CCN(c5ccc(Cl)c(Cl)c5)CC4)cccc3o2)on1.Cl. The van der Waals surface area contributed by atoms with Crippen molar-refractivity contribution in [3.8, 4) is 17.3 Å². The molecular formula is C25H26Cl3N3O4. The number of hydrogen-bond donors (Lipinski definition) is 1. The van der Waals surface area contributed by atoms with Gasteiger partial charge < -0.3 is 23.7 Å². The summed E-state index contributed by atoms with van der Waals surface area (Å²) in [7, 11) is 0. The van der Waals surface area contributed by atoms with E-state index in [9.17, 15) is 5.11 Å². The van der Waals surface area contributed by atoms with Gasteiger partial charge in [-0.1, -0.05) is 34.4 Å². The largest absolute Gasteiger partial charge is 0.490 e. The molecule has 10 heteroatoms. The smallest absolute Gasteiger partial charge is 0.202 e. The molecule has 1 atom stereocenters. The average Bonchev–Trinajstić information content (AvgIpc) is 3.46. The van der Waals surface area contributed by atoms with Gasteiger partial charge in [-0.15, -0.1) is 12.4 Å². The van der Waals surface area contributed by atoms with Crippen molar-refractivity contribution < 1.29 is 18.8 Å². The highest BCUT2D eigenvalue weighted by atomic mass is 35.5. The number of ether oxygens (including phenoxy) is 1. The summed E-state index contributed by atoms with van der Waals surface area (Å²) < 4.78 is 17.2. The van der Waals surface area contributed by atoms with Gasteiger partial charge >= 0.3 is 0 Å². The van der Waals surface area contributed by atoms with Gasteiger partial charge in [-0.25, -0.2) is 0 Å². The Morgan fingerprint density at radius 2 is 1.83 bits per heavy atom. The summed E-state index contributed by atoms with van der Waals surface area (Å²) in [6.07, 6.45) is -0.616. The number of nitrogens with zero attached hydrogens (tertiary/aromatic N) is 3. The summed E-state index contributed by atoms with van der Waals surface area (Å²) in [6.45, 7) is 5.97. The Labute approximate surface area is 219 Å². The zero-order chi connectivity index (χ0) is 23.7. The third kappa shape index (κ3) is 5.88. The van der Waals surface area contributed by atoms with Crippen LogP contribution in [0.3, 0.4) is 0 Å². The van der Waals surface area contributed by atoms with Gasteiger partial charge in [0.15, 0.2) is 5.76 Å². The molecule has 2 aromatic carbocycles. The van der Waals surface area contributed by atoms with Crippen molar-refractivity contribution in [2.45, 2.75) is 13.0 Å². The van der Waals surface area contributed by atoms with Crippen LogP contribution in [-0.2, 0) is 0 Å². The highest BCUT2D eigenvalue weighted by Crippen LogP contribution is 2.34. The van der Waals surface area contributed by atoms with Gasteiger partial charge in [-0.2, -0.15) is 0 Å². The Hall–Kier alpha value is -2.42. The number of rotatable bonds is 7. The lowest BCUT2D eigenvalue weighted by Crippen LogP contribution is -2.49. The number of β-amino-alcohol motifs (C(OH)–C–C–N with tert-alkyl or cyclic N) is 1. The van der Waals surface area contributed by atoms with E-state index in [0.29, 0.717) is 39.4 Å². The predicted octanol–water partition coefficient (Wildman–Crippen LogP) is 5.69. The lowest BCUT2D eigenvalue weighted by Gasteiger charge is -2.37. The fourth-order valence-electron chi connectivity index (χ4n) is 4.17. The summed E-state index contributed by atoms with van der Waals surface area (Å²) >= 11 is 12.2. The number of halogens is 3. The molecule has 0 aliphatic carbocycles. The molecule has 1 aliphatic rings. The van der Waals surface area contributed by atoms with E-state index in [1.54, 1.807) is 0 Å². The molecule has 0 amide bonds. The molecule has 0 radical (unpaired) electrons. The first-order valence-electron chi connectivity index (χ1n) is 11.2. The molecule has 1 aliphatic heterocycles. The van der Waals surface area contributed by atoms with Gasteiger partial charge in [0, 0.05) is 44.5 Å². The topological polar surface area (TPSA) is 75.1 Å². The number of piperazine rings is 1. The van der Waals surface area contributed by atoms with E-state index in [4.69, 9.17) is 36.9 Å². The third-order valence-corrected chi connectivity index (χ3v) is 6.67. The summed E-state index contributed by atoms with van der Waals surface area (Å²) in [5.74, 6) is 1.82. The van der Waals surface area contributed by atoms with Crippen molar-refractivity contribution in [1.82, 2.24) is 10.1 Å². The first kappa shape index (κ1) is 25.7. The molecule has 0 bridgehead atoms. The molecule has 2 aromatic heterocycles. The molecule has 0 unspecified atom stereocenters. The molecule has 1 fully saturated rings. The van der Waals surface area contributed by atoms with Crippen LogP contribution in [0.5, 0.6) is 5.75 Å². The Morgan fingerprint density at radius 1 is 1.03 bits per heavy atom. The molecule has 7 nitrogen and oxygen atoms in total. The van der Waals surface area contributed by atoms with Gasteiger partial charge in [0.2, 0.25) is 5.76 Å². The van der Waals surface area contributed by atoms with Crippen LogP contribution in [0.2, 0.25) is 10.0 Å². The van der Waals surface area contributed by atoms with Gasteiger partial charge in [0.25, 0.3) is 0 Å². The molecule has 186 valence electrons. The zero-order valence-electron chi connectivity index (χ0n) is 19.1. The number of furan rings is 1. The third-order valence-electron chi connectivity index (χ3n) is 5.93. The average molecular weight is 539 g/mol. The van der Waals surface area contributed by atoms with E-state index in [0.717, 1.165) is 42.9 Å². The van der Waals surface area contributed by atoms with Gasteiger partial charge in [0.1, 0.15) is 24.0 Å². The van der Waals surface area contributed by atoms with E-state index in [2.05, 4.69) is 15.0 Å². The van der Waals surface area contributed by atoms with Crippen molar-refractivity contribution in [2.75, 3.05) is 44.2 Å². The minimum absolute atomic E-state index is 0. The number of anilines is 1. The summed E-state index contributed by atoms with van der Waals surface area (Å²) in [4.78, 5) is 4.51. The molecule has 5 rings (SSSR count). The van der Waals surface area contributed by atoms with E-state index in [1.807, 2.05) is 55.5 Å². The second kappa shape index (κ2) is 11.1. The number of benzene rings is 2. The lowest BCUT2D eigenvalue weighted by atomic mass is 10.2. The van der Waals surface area contributed by atoms with Crippen molar-refractivity contribution in [2.24, 2.45) is 0 Å². The minimum atomic E-state index is -0.616. The Balaban J connectivity index is 0.00000289. The highest BCUT2D eigenvalue weighted by molar-refractivity contribution is 6.42. The highest BCUT2D eigenvalue weighted by Gasteiger charge is 2.21. The van der Waals surface area contributed by atoms with Crippen LogP contribution < -0.4 is 9.64 Å². The van der Waals surface area contributed by atoms with E-state index < -0.39 is 6.10 Å². The minimum Gasteiger partial charge on any atom is -0.490 e. The molecular weight excluding hydrogens is 513 g/mol. The number of aliphatic hydroxyl groups is 1. The summed E-state index contributed by atoms with van der Waals surface area (Å²) in [5, 5.41) is 16.5. The van der Waals surface area contributed by atoms with Gasteiger partial charge in [-0.3, -0.25) is 4.90 Å². The second-order valence-electron chi connectivity index (χ2n) is 8.46. The molecule has 1 N–H and O–H groups in total. The van der Waals surface area contributed by atoms with E-state index >= 15 is 0 Å². The molecule has 35 heavy (non-hydrogen) atoms. The lowest BCUT2D eigenvalue weighted by molar-refractivity contribution is 0.0668. The van der Waals surface area contributed by atoms with Crippen LogP contribution in [0, 0.1) is 6.92 Å². The summed E-state index contributed by atoms with van der Waals surface area (Å²) in [5.41, 5.74) is 2.54. The predicted molar refractivity (Wildman–Crippen MR) is 140 cm³/mol. The fourth-order valence-corrected chi connectivity index (χ4v) is 4.46. The first-order valence-corrected chi connectivity index (χ1v) is 11.9. The van der Waals surface area contributed by atoms with Crippen LogP contribution in [0.15, 0.2) is 57.5 Å². The number of fused-ring (bicyclic) bond motifs is 1. The van der Waals surface area contributed by atoms with E-state index in [1.165, 1.54) is 0 Å². The number of hydrogen-bond acceptors (Lipinski definition) is 7.